The van der Waals surface area contributed by atoms with Gasteiger partial charge in [-0.05, 0) is 31.2 Å². The Kier molecular flexibility index (Phi) is 4.12. The molecule has 0 aliphatic heterocycles. The first kappa shape index (κ1) is 13.1. The van der Waals surface area contributed by atoms with Crippen molar-refractivity contribution >= 4 is 5.91 Å². The molecule has 19 heavy (non-hydrogen) atoms. The number of ether oxygens (including phenoxy) is 1. The second-order valence-corrected chi connectivity index (χ2v) is 3.90. The van der Waals surface area contributed by atoms with Gasteiger partial charge in [-0.3, -0.25) is 4.79 Å². The number of hydrogen-bond donors (Lipinski definition) is 1. The minimum atomic E-state index is -0.0946. The zero-order chi connectivity index (χ0) is 13.7. The van der Waals surface area contributed by atoms with Crippen LogP contribution in [-0.2, 0) is 6.61 Å². The first-order valence-corrected chi connectivity index (χ1v) is 5.99. The summed E-state index contributed by atoms with van der Waals surface area (Å²) in [4.78, 5) is 15.6. The second-order valence-electron chi connectivity index (χ2n) is 3.90. The largest absolute Gasteiger partial charge is 0.485 e. The summed E-state index contributed by atoms with van der Waals surface area (Å²) in [6.07, 6.45) is 0. The Bertz CT molecular complexity index is 549. The summed E-state index contributed by atoms with van der Waals surface area (Å²) in [6, 6.07) is 6.89. The average Bonchev–Trinajstić information content (AvgIpc) is 2.83. The van der Waals surface area contributed by atoms with Gasteiger partial charge in [0.05, 0.1) is 0 Å². The number of aryl methyl sites for hydroxylation is 1. The molecule has 1 N–H and O–H groups in total. The van der Waals surface area contributed by atoms with Gasteiger partial charge in [0.2, 0.25) is 11.7 Å². The van der Waals surface area contributed by atoms with Gasteiger partial charge in [0.15, 0.2) is 6.61 Å². The van der Waals surface area contributed by atoms with Crippen LogP contribution in [0.2, 0.25) is 0 Å². The summed E-state index contributed by atoms with van der Waals surface area (Å²) in [6.45, 7) is 4.44. The van der Waals surface area contributed by atoms with E-state index in [-0.39, 0.29) is 12.5 Å². The van der Waals surface area contributed by atoms with Gasteiger partial charge < -0.3 is 14.6 Å². The molecule has 1 amide bonds. The monoisotopic (exact) mass is 261 g/mol. The Balaban J connectivity index is 1.93. The van der Waals surface area contributed by atoms with E-state index < -0.39 is 0 Å². The summed E-state index contributed by atoms with van der Waals surface area (Å²) in [7, 11) is 0. The molecule has 0 saturated carbocycles. The van der Waals surface area contributed by atoms with Crippen molar-refractivity contribution in [2.75, 3.05) is 6.54 Å². The lowest BCUT2D eigenvalue weighted by Gasteiger charge is -2.05. The zero-order valence-corrected chi connectivity index (χ0v) is 10.8. The molecule has 6 heteroatoms. The number of carbonyl (C=O) groups excluding carboxylic acids is 1. The first-order valence-electron chi connectivity index (χ1n) is 5.99. The van der Waals surface area contributed by atoms with E-state index >= 15 is 0 Å². The topological polar surface area (TPSA) is 77.2 Å². The molecule has 0 radical (unpaired) electrons. The molecule has 0 aliphatic carbocycles. The van der Waals surface area contributed by atoms with Crippen molar-refractivity contribution < 1.29 is 14.1 Å². The lowest BCUT2D eigenvalue weighted by atomic mass is 10.2. The van der Waals surface area contributed by atoms with Crippen LogP contribution in [0, 0.1) is 6.92 Å². The minimum Gasteiger partial charge on any atom is -0.485 e. The van der Waals surface area contributed by atoms with Gasteiger partial charge in [0.25, 0.3) is 5.91 Å². The Morgan fingerprint density at radius 1 is 1.37 bits per heavy atom. The van der Waals surface area contributed by atoms with Gasteiger partial charge in [-0.25, -0.2) is 0 Å². The van der Waals surface area contributed by atoms with E-state index in [9.17, 15) is 4.79 Å². The van der Waals surface area contributed by atoms with Crippen molar-refractivity contribution in [2.24, 2.45) is 0 Å². The predicted molar refractivity (Wildman–Crippen MR) is 67.8 cm³/mol. The van der Waals surface area contributed by atoms with Crippen molar-refractivity contribution in [3.8, 4) is 5.75 Å². The molecular weight excluding hydrogens is 246 g/mol. The molecule has 0 bridgehead atoms. The molecule has 0 aliphatic rings. The number of carbonyl (C=O) groups is 1. The first-order chi connectivity index (χ1) is 9.19. The molecule has 2 aromatic rings. The number of nitrogens with zero attached hydrogens (tertiary/aromatic N) is 2. The van der Waals surface area contributed by atoms with Crippen LogP contribution in [0.4, 0.5) is 0 Å². The van der Waals surface area contributed by atoms with Gasteiger partial charge in [-0.2, -0.15) is 4.98 Å². The maximum atomic E-state index is 11.6. The van der Waals surface area contributed by atoms with E-state index in [1.54, 1.807) is 31.2 Å². The molecular formula is C13H15N3O3. The fourth-order valence-corrected chi connectivity index (χ4v) is 1.51. The molecule has 1 aromatic carbocycles. The van der Waals surface area contributed by atoms with Crippen LogP contribution in [0.25, 0.3) is 0 Å². The van der Waals surface area contributed by atoms with Crippen LogP contribution in [0.1, 0.15) is 29.0 Å². The number of hydrogen-bond acceptors (Lipinski definition) is 5. The lowest BCUT2D eigenvalue weighted by Crippen LogP contribution is -2.22. The molecule has 0 fully saturated rings. The van der Waals surface area contributed by atoms with E-state index in [1.807, 2.05) is 6.92 Å². The standard InChI is InChI=1S/C13H15N3O3/c1-3-14-13(17)10-4-6-11(7-5-10)18-8-12-15-9(2)19-16-12/h4-7H,3,8H2,1-2H3,(H,14,17). The van der Waals surface area contributed by atoms with Crippen molar-refractivity contribution in [1.82, 2.24) is 15.5 Å². The fraction of sp³-hybridized carbons (Fsp3) is 0.308. The molecule has 1 aromatic heterocycles. The summed E-state index contributed by atoms with van der Waals surface area (Å²) in [5, 5.41) is 6.46. The van der Waals surface area contributed by atoms with Gasteiger partial charge in [0.1, 0.15) is 5.75 Å². The minimum absolute atomic E-state index is 0.0946. The third kappa shape index (κ3) is 3.54. The highest BCUT2D eigenvalue weighted by atomic mass is 16.5. The predicted octanol–water partition coefficient (Wildman–Crippen LogP) is 1.71. The highest BCUT2D eigenvalue weighted by Crippen LogP contribution is 2.13. The zero-order valence-electron chi connectivity index (χ0n) is 10.8. The molecule has 0 unspecified atom stereocenters. The number of amides is 1. The van der Waals surface area contributed by atoms with Crippen molar-refractivity contribution in [3.05, 3.63) is 41.5 Å². The second kappa shape index (κ2) is 5.99. The van der Waals surface area contributed by atoms with Crippen LogP contribution in [0.3, 0.4) is 0 Å². The van der Waals surface area contributed by atoms with Crippen LogP contribution in [0.15, 0.2) is 28.8 Å². The van der Waals surface area contributed by atoms with Gasteiger partial charge in [-0.1, -0.05) is 5.16 Å². The average molecular weight is 261 g/mol. The van der Waals surface area contributed by atoms with Crippen LogP contribution >= 0.6 is 0 Å². The van der Waals surface area contributed by atoms with Crippen LogP contribution in [0.5, 0.6) is 5.75 Å². The third-order valence-electron chi connectivity index (χ3n) is 2.39. The lowest BCUT2D eigenvalue weighted by molar-refractivity contribution is 0.0956. The number of nitrogens with one attached hydrogen (secondary N) is 1. The van der Waals surface area contributed by atoms with Crippen molar-refractivity contribution in [3.63, 3.8) is 0 Å². The molecule has 1 heterocycles. The molecule has 100 valence electrons. The van der Waals surface area contributed by atoms with E-state index in [0.29, 0.717) is 29.6 Å². The summed E-state index contributed by atoms with van der Waals surface area (Å²) in [5.74, 6) is 1.55. The van der Waals surface area contributed by atoms with E-state index in [2.05, 4.69) is 15.5 Å². The van der Waals surface area contributed by atoms with Gasteiger partial charge >= 0.3 is 0 Å². The summed E-state index contributed by atoms with van der Waals surface area (Å²) >= 11 is 0. The maximum Gasteiger partial charge on any atom is 0.251 e. The third-order valence-corrected chi connectivity index (χ3v) is 2.39. The fourth-order valence-electron chi connectivity index (χ4n) is 1.51. The highest BCUT2D eigenvalue weighted by Gasteiger charge is 2.05. The van der Waals surface area contributed by atoms with Crippen LogP contribution in [-0.4, -0.2) is 22.6 Å². The van der Waals surface area contributed by atoms with Gasteiger partial charge in [0, 0.05) is 19.0 Å². The summed E-state index contributed by atoms with van der Waals surface area (Å²) < 4.78 is 10.3. The smallest absolute Gasteiger partial charge is 0.251 e. The number of benzene rings is 1. The Morgan fingerprint density at radius 3 is 2.68 bits per heavy atom. The maximum absolute atomic E-state index is 11.6. The SMILES string of the molecule is CCNC(=O)c1ccc(OCc2noc(C)n2)cc1. The Labute approximate surface area is 110 Å². The quantitative estimate of drug-likeness (QED) is 0.886. The number of aromatic nitrogens is 2. The molecule has 0 spiro atoms. The molecule has 0 saturated heterocycles. The van der Waals surface area contributed by atoms with Crippen molar-refractivity contribution in [1.29, 1.82) is 0 Å². The molecule has 0 atom stereocenters. The number of rotatable bonds is 5. The van der Waals surface area contributed by atoms with Gasteiger partial charge in [-0.15, -0.1) is 0 Å². The Morgan fingerprint density at radius 2 is 2.11 bits per heavy atom. The van der Waals surface area contributed by atoms with E-state index in [0.717, 1.165) is 0 Å². The highest BCUT2D eigenvalue weighted by molar-refractivity contribution is 5.94. The van der Waals surface area contributed by atoms with E-state index in [1.165, 1.54) is 0 Å². The summed E-state index contributed by atoms with van der Waals surface area (Å²) in [5.41, 5.74) is 0.601. The molecule has 2 rings (SSSR count). The normalized spacial score (nSPS) is 10.2. The Hall–Kier alpha value is -2.37. The van der Waals surface area contributed by atoms with Crippen LogP contribution < -0.4 is 10.1 Å². The molecule has 6 nitrogen and oxygen atoms in total. The van der Waals surface area contributed by atoms with Crippen molar-refractivity contribution in [2.45, 2.75) is 20.5 Å². The van der Waals surface area contributed by atoms with E-state index in [4.69, 9.17) is 9.26 Å².